The summed E-state index contributed by atoms with van der Waals surface area (Å²) in [6, 6.07) is 7.87. The van der Waals surface area contributed by atoms with Crippen LogP contribution in [0.3, 0.4) is 0 Å². The second-order valence-electron chi connectivity index (χ2n) is 6.59. The highest BCUT2D eigenvalue weighted by Crippen LogP contribution is 2.37. The van der Waals surface area contributed by atoms with Crippen molar-refractivity contribution in [1.29, 1.82) is 0 Å². The zero-order chi connectivity index (χ0) is 17.8. The predicted octanol–water partition coefficient (Wildman–Crippen LogP) is 4.12. The minimum absolute atomic E-state index is 0.149. The van der Waals surface area contributed by atoms with E-state index in [-0.39, 0.29) is 11.8 Å². The molecular formula is C20H26N2O2S. The topological polar surface area (TPSA) is 41.6 Å². The van der Waals surface area contributed by atoms with Gasteiger partial charge in [-0.3, -0.25) is 4.79 Å². The third-order valence-electron chi connectivity index (χ3n) is 4.69. The summed E-state index contributed by atoms with van der Waals surface area (Å²) in [4.78, 5) is 14.8. The van der Waals surface area contributed by atoms with Crippen LogP contribution in [0.25, 0.3) is 0 Å². The van der Waals surface area contributed by atoms with Crippen molar-refractivity contribution in [3.05, 3.63) is 41.1 Å². The summed E-state index contributed by atoms with van der Waals surface area (Å²) in [7, 11) is 0. The van der Waals surface area contributed by atoms with Crippen molar-refractivity contribution in [2.45, 2.75) is 52.0 Å². The lowest BCUT2D eigenvalue weighted by atomic mass is 9.85. The average Bonchev–Trinajstić information content (AvgIpc) is 2.63. The van der Waals surface area contributed by atoms with Crippen LogP contribution in [0.2, 0.25) is 0 Å². The first-order valence-electron chi connectivity index (χ1n) is 9.22. The Morgan fingerprint density at radius 3 is 2.64 bits per heavy atom. The largest absolute Gasteiger partial charge is 0.494 e. The standard InChI is InChI=1S/C20H26N2O2S/c1-3-12-22-16-6-5-7-17(23)18(16)19(21-20(22)25)14-8-10-15(11-9-14)24-13-4-2/h8-11,19H,3-7,12-13H2,1-2H3,(H,21,25). The number of nitrogens with zero attached hydrogens (tertiary/aromatic N) is 1. The molecule has 3 rings (SSSR count). The number of thiocarbonyl (C=S) groups is 1. The molecule has 1 aliphatic carbocycles. The fourth-order valence-corrected chi connectivity index (χ4v) is 3.86. The molecule has 0 aromatic heterocycles. The van der Waals surface area contributed by atoms with Gasteiger partial charge in [-0.25, -0.2) is 0 Å². The summed E-state index contributed by atoms with van der Waals surface area (Å²) in [6.45, 7) is 5.79. The fraction of sp³-hybridized carbons (Fsp3) is 0.500. The van der Waals surface area contributed by atoms with Crippen LogP contribution in [0.5, 0.6) is 5.75 Å². The van der Waals surface area contributed by atoms with Gasteiger partial charge < -0.3 is 15.0 Å². The van der Waals surface area contributed by atoms with Crippen molar-refractivity contribution in [3.8, 4) is 5.75 Å². The molecule has 1 aromatic carbocycles. The Labute approximate surface area is 155 Å². The summed E-state index contributed by atoms with van der Waals surface area (Å²) >= 11 is 5.60. The van der Waals surface area contributed by atoms with Crippen LogP contribution in [0.15, 0.2) is 35.5 Å². The Kier molecular flexibility index (Phi) is 5.74. The maximum atomic E-state index is 12.7. The number of hydrogen-bond acceptors (Lipinski definition) is 3. The van der Waals surface area contributed by atoms with E-state index in [0.29, 0.717) is 13.0 Å². The monoisotopic (exact) mass is 358 g/mol. The van der Waals surface area contributed by atoms with Crippen LogP contribution in [0, 0.1) is 0 Å². The van der Waals surface area contributed by atoms with E-state index >= 15 is 0 Å². The van der Waals surface area contributed by atoms with Crippen molar-refractivity contribution < 1.29 is 9.53 Å². The summed E-state index contributed by atoms with van der Waals surface area (Å²) in [5.41, 5.74) is 3.08. The number of nitrogens with one attached hydrogen (secondary N) is 1. The Hall–Kier alpha value is -1.88. The number of benzene rings is 1. The Balaban J connectivity index is 1.93. The fourth-order valence-electron chi connectivity index (χ4n) is 3.54. The van der Waals surface area contributed by atoms with E-state index in [1.807, 2.05) is 24.3 Å². The van der Waals surface area contributed by atoms with Crippen LogP contribution in [0.4, 0.5) is 0 Å². The maximum absolute atomic E-state index is 12.7. The van der Waals surface area contributed by atoms with Gasteiger partial charge in [0.15, 0.2) is 10.9 Å². The highest BCUT2D eigenvalue weighted by Gasteiger charge is 2.36. The number of ether oxygens (including phenoxy) is 1. The number of allylic oxidation sites excluding steroid dienone is 1. The zero-order valence-corrected chi connectivity index (χ0v) is 15.8. The summed E-state index contributed by atoms with van der Waals surface area (Å²) in [6.07, 6.45) is 4.45. The number of ketones is 1. The van der Waals surface area contributed by atoms with Gasteiger partial charge in [-0.15, -0.1) is 0 Å². The summed E-state index contributed by atoms with van der Waals surface area (Å²) < 4.78 is 5.66. The van der Waals surface area contributed by atoms with Gasteiger partial charge in [0, 0.05) is 24.2 Å². The molecule has 0 spiro atoms. The van der Waals surface area contributed by atoms with E-state index in [0.717, 1.165) is 59.9 Å². The SMILES string of the molecule is CCCOc1ccc(C2NC(=S)N(CCC)C3=C2C(=O)CCC3)cc1. The third kappa shape index (κ3) is 3.71. The number of carbonyl (C=O) groups excluding carboxylic acids is 1. The molecule has 134 valence electrons. The number of Topliss-reactive ketones (excluding diaryl/α,β-unsaturated/α-hetero) is 1. The van der Waals surface area contributed by atoms with Crippen LogP contribution in [-0.4, -0.2) is 28.9 Å². The first-order chi connectivity index (χ1) is 12.2. The molecule has 2 aliphatic rings. The van der Waals surface area contributed by atoms with Gasteiger partial charge in [-0.1, -0.05) is 26.0 Å². The Morgan fingerprint density at radius 2 is 1.96 bits per heavy atom. The highest BCUT2D eigenvalue weighted by atomic mass is 32.1. The minimum atomic E-state index is -0.149. The van der Waals surface area contributed by atoms with Gasteiger partial charge in [0.1, 0.15) is 5.75 Å². The third-order valence-corrected chi connectivity index (χ3v) is 5.03. The molecule has 0 saturated heterocycles. The molecule has 1 aromatic rings. The Bertz CT molecular complexity index is 681. The van der Waals surface area contributed by atoms with Gasteiger partial charge in [-0.05, 0) is 55.6 Å². The van der Waals surface area contributed by atoms with Crippen LogP contribution < -0.4 is 10.1 Å². The molecule has 1 aliphatic heterocycles. The molecule has 1 N–H and O–H groups in total. The molecule has 0 saturated carbocycles. The minimum Gasteiger partial charge on any atom is -0.494 e. The summed E-state index contributed by atoms with van der Waals surface area (Å²) in [5.74, 6) is 1.11. The van der Waals surface area contributed by atoms with Crippen LogP contribution >= 0.6 is 12.2 Å². The van der Waals surface area contributed by atoms with Crippen molar-refractivity contribution >= 4 is 23.1 Å². The average molecular weight is 359 g/mol. The lowest BCUT2D eigenvalue weighted by Gasteiger charge is -2.41. The zero-order valence-electron chi connectivity index (χ0n) is 15.0. The second-order valence-corrected chi connectivity index (χ2v) is 6.98. The molecule has 1 heterocycles. The van der Waals surface area contributed by atoms with E-state index in [2.05, 4.69) is 24.1 Å². The molecule has 0 amide bonds. The lowest BCUT2D eigenvalue weighted by molar-refractivity contribution is -0.116. The van der Waals surface area contributed by atoms with E-state index in [1.165, 1.54) is 0 Å². The van der Waals surface area contributed by atoms with Crippen LogP contribution in [0.1, 0.15) is 57.6 Å². The van der Waals surface area contributed by atoms with Gasteiger partial charge in [-0.2, -0.15) is 0 Å². The summed E-state index contributed by atoms with van der Waals surface area (Å²) in [5, 5.41) is 4.13. The Morgan fingerprint density at radius 1 is 1.20 bits per heavy atom. The molecule has 25 heavy (non-hydrogen) atoms. The highest BCUT2D eigenvalue weighted by molar-refractivity contribution is 7.80. The quantitative estimate of drug-likeness (QED) is 0.775. The number of hydrogen-bond donors (Lipinski definition) is 1. The van der Waals surface area contributed by atoms with Crippen molar-refractivity contribution in [1.82, 2.24) is 10.2 Å². The molecule has 4 nitrogen and oxygen atoms in total. The molecule has 1 unspecified atom stereocenters. The van der Waals surface area contributed by atoms with E-state index in [4.69, 9.17) is 17.0 Å². The van der Waals surface area contributed by atoms with E-state index < -0.39 is 0 Å². The predicted molar refractivity (Wildman–Crippen MR) is 104 cm³/mol. The normalized spacial score (nSPS) is 20.4. The second kappa shape index (κ2) is 8.00. The molecule has 1 atom stereocenters. The first kappa shape index (κ1) is 17.9. The molecule has 0 bridgehead atoms. The van der Waals surface area contributed by atoms with Gasteiger partial charge in [0.2, 0.25) is 0 Å². The first-order valence-corrected chi connectivity index (χ1v) is 9.63. The van der Waals surface area contributed by atoms with E-state index in [1.54, 1.807) is 0 Å². The van der Waals surface area contributed by atoms with Gasteiger partial charge in [0.25, 0.3) is 0 Å². The van der Waals surface area contributed by atoms with Gasteiger partial charge in [0.05, 0.1) is 12.6 Å². The molecule has 5 heteroatoms. The van der Waals surface area contributed by atoms with Gasteiger partial charge >= 0.3 is 0 Å². The number of rotatable bonds is 6. The molecule has 0 fully saturated rings. The molecule has 0 radical (unpaired) electrons. The van der Waals surface area contributed by atoms with Crippen LogP contribution in [-0.2, 0) is 4.79 Å². The smallest absolute Gasteiger partial charge is 0.173 e. The van der Waals surface area contributed by atoms with Crippen molar-refractivity contribution in [2.75, 3.05) is 13.2 Å². The van der Waals surface area contributed by atoms with Crippen molar-refractivity contribution in [2.24, 2.45) is 0 Å². The van der Waals surface area contributed by atoms with Crippen molar-refractivity contribution in [3.63, 3.8) is 0 Å². The lowest BCUT2D eigenvalue weighted by Crippen LogP contribution is -2.49. The maximum Gasteiger partial charge on any atom is 0.173 e. The van der Waals surface area contributed by atoms with E-state index in [9.17, 15) is 4.79 Å². The molecular weight excluding hydrogens is 332 g/mol. The number of carbonyl (C=O) groups is 1.